The SMILES string of the molecule is CC.CC.C\C=C/C=C\C=C\Cn1nc(Cc2ccccc2)c(O)c1CNc1cc(C(N)=O)ccc1N. The molecule has 7 heteroatoms. The molecule has 1 heterocycles. The molecule has 0 aliphatic carbocycles. The third-order valence-corrected chi connectivity index (χ3v) is 5.04. The van der Waals surface area contributed by atoms with Crippen molar-refractivity contribution in [1.29, 1.82) is 0 Å². The summed E-state index contributed by atoms with van der Waals surface area (Å²) in [6, 6.07) is 14.7. The molecule has 7 nitrogen and oxygen atoms in total. The van der Waals surface area contributed by atoms with Gasteiger partial charge in [0.05, 0.1) is 30.2 Å². The van der Waals surface area contributed by atoms with E-state index in [1.165, 1.54) is 0 Å². The number of carbonyl (C=O) groups excluding carboxylic acids is 1. The van der Waals surface area contributed by atoms with Crippen LogP contribution in [0.4, 0.5) is 11.4 Å². The summed E-state index contributed by atoms with van der Waals surface area (Å²) in [6.07, 6.45) is 12.2. The van der Waals surface area contributed by atoms with Crippen LogP contribution in [0.15, 0.2) is 85.0 Å². The van der Waals surface area contributed by atoms with Crippen LogP contribution in [0.3, 0.4) is 0 Å². The van der Waals surface area contributed by atoms with E-state index in [4.69, 9.17) is 11.5 Å². The molecule has 3 rings (SSSR count). The average Bonchev–Trinajstić information content (AvgIpc) is 3.22. The quantitative estimate of drug-likeness (QED) is 0.194. The van der Waals surface area contributed by atoms with Crippen LogP contribution in [0.1, 0.15) is 61.9 Å². The second-order valence-corrected chi connectivity index (χ2v) is 7.45. The Morgan fingerprint density at radius 1 is 1.03 bits per heavy atom. The summed E-state index contributed by atoms with van der Waals surface area (Å²) in [5.74, 6) is -0.402. The Kier molecular flexibility index (Phi) is 14.3. The lowest BCUT2D eigenvalue weighted by Gasteiger charge is -2.12. The van der Waals surface area contributed by atoms with Crippen LogP contribution in [-0.2, 0) is 19.5 Å². The van der Waals surface area contributed by atoms with Gasteiger partial charge in [0.1, 0.15) is 5.69 Å². The Balaban J connectivity index is 0.00000163. The minimum atomic E-state index is -0.535. The number of hydrogen-bond acceptors (Lipinski definition) is 5. The number of anilines is 2. The van der Waals surface area contributed by atoms with Crippen molar-refractivity contribution >= 4 is 17.3 Å². The van der Waals surface area contributed by atoms with Crippen molar-refractivity contribution in [1.82, 2.24) is 9.78 Å². The molecule has 0 fully saturated rings. The summed E-state index contributed by atoms with van der Waals surface area (Å²) in [5.41, 5.74) is 15.1. The summed E-state index contributed by atoms with van der Waals surface area (Å²) >= 11 is 0. The van der Waals surface area contributed by atoms with E-state index in [2.05, 4.69) is 10.4 Å². The maximum absolute atomic E-state index is 11.5. The minimum absolute atomic E-state index is 0.133. The molecule has 0 atom stereocenters. The molecular weight excluding hydrogens is 462 g/mol. The van der Waals surface area contributed by atoms with Crippen molar-refractivity contribution in [2.45, 2.75) is 54.1 Å². The van der Waals surface area contributed by atoms with Gasteiger partial charge in [-0.2, -0.15) is 5.10 Å². The Labute approximate surface area is 221 Å². The summed E-state index contributed by atoms with van der Waals surface area (Å²) in [6.45, 7) is 10.7. The fourth-order valence-electron chi connectivity index (χ4n) is 3.30. The number of rotatable bonds is 10. The number of nitrogens with zero attached hydrogens (tertiary/aromatic N) is 2. The predicted molar refractivity (Wildman–Crippen MR) is 156 cm³/mol. The molecule has 0 saturated heterocycles. The zero-order valence-corrected chi connectivity index (χ0v) is 22.6. The molecule has 0 bridgehead atoms. The molecule has 37 heavy (non-hydrogen) atoms. The first-order valence-electron chi connectivity index (χ1n) is 12.7. The lowest BCUT2D eigenvalue weighted by atomic mass is 10.1. The van der Waals surface area contributed by atoms with Crippen LogP contribution >= 0.6 is 0 Å². The van der Waals surface area contributed by atoms with Crippen molar-refractivity contribution < 1.29 is 9.90 Å². The maximum atomic E-state index is 11.5. The second-order valence-electron chi connectivity index (χ2n) is 7.45. The van der Waals surface area contributed by atoms with Gasteiger partial charge in [-0.05, 0) is 30.7 Å². The van der Waals surface area contributed by atoms with Gasteiger partial charge < -0.3 is 21.9 Å². The van der Waals surface area contributed by atoms with Crippen LogP contribution < -0.4 is 16.8 Å². The Morgan fingerprint density at radius 2 is 1.70 bits per heavy atom. The Morgan fingerprint density at radius 3 is 2.35 bits per heavy atom. The molecule has 0 aliphatic heterocycles. The zero-order chi connectivity index (χ0) is 27.6. The fourth-order valence-corrected chi connectivity index (χ4v) is 3.30. The van der Waals surface area contributed by atoms with E-state index in [1.807, 2.05) is 101 Å². The number of hydrogen-bond donors (Lipinski definition) is 4. The van der Waals surface area contributed by atoms with Gasteiger partial charge >= 0.3 is 0 Å². The first kappa shape index (κ1) is 30.8. The number of nitrogens with two attached hydrogens (primary N) is 2. The van der Waals surface area contributed by atoms with Crippen LogP contribution in [0, 0.1) is 0 Å². The van der Waals surface area contributed by atoms with Crippen molar-refractivity contribution in [3.8, 4) is 5.75 Å². The minimum Gasteiger partial charge on any atom is -0.504 e. The molecule has 0 spiro atoms. The number of aromatic nitrogens is 2. The molecule has 6 N–H and O–H groups in total. The number of benzene rings is 2. The van der Waals surface area contributed by atoms with Gasteiger partial charge in [0, 0.05) is 12.0 Å². The highest BCUT2D eigenvalue weighted by Gasteiger charge is 2.17. The van der Waals surface area contributed by atoms with Gasteiger partial charge in [-0.1, -0.05) is 94.5 Å². The molecule has 3 aromatic rings. The highest BCUT2D eigenvalue weighted by molar-refractivity contribution is 5.94. The van der Waals surface area contributed by atoms with E-state index in [0.29, 0.717) is 41.3 Å². The number of carbonyl (C=O) groups is 1. The van der Waals surface area contributed by atoms with Gasteiger partial charge in [0.2, 0.25) is 5.91 Å². The van der Waals surface area contributed by atoms with Crippen molar-refractivity contribution in [3.63, 3.8) is 0 Å². The van der Waals surface area contributed by atoms with Crippen LogP contribution in [-0.4, -0.2) is 20.8 Å². The van der Waals surface area contributed by atoms with Gasteiger partial charge in [-0.15, -0.1) is 0 Å². The van der Waals surface area contributed by atoms with E-state index < -0.39 is 5.91 Å². The van der Waals surface area contributed by atoms with E-state index >= 15 is 0 Å². The number of nitrogens with one attached hydrogen (secondary N) is 1. The fraction of sp³-hybridized carbons (Fsp3) is 0.267. The molecule has 0 radical (unpaired) electrons. The van der Waals surface area contributed by atoms with Gasteiger partial charge in [0.15, 0.2) is 5.75 Å². The molecule has 198 valence electrons. The highest BCUT2D eigenvalue weighted by atomic mass is 16.3. The van der Waals surface area contributed by atoms with Crippen molar-refractivity contribution in [2.24, 2.45) is 5.73 Å². The third kappa shape index (κ3) is 9.72. The number of allylic oxidation sites excluding steroid dienone is 6. The number of amides is 1. The lowest BCUT2D eigenvalue weighted by Crippen LogP contribution is -2.13. The monoisotopic (exact) mass is 503 g/mol. The van der Waals surface area contributed by atoms with Crippen LogP contribution in [0.5, 0.6) is 5.75 Å². The first-order chi connectivity index (χ1) is 18.0. The molecule has 1 amide bonds. The lowest BCUT2D eigenvalue weighted by molar-refractivity contribution is 0.100. The normalized spacial score (nSPS) is 10.7. The average molecular weight is 504 g/mol. The standard InChI is InChI=1S/C26H29N5O2.2C2H6/c1-2-3-4-5-6-10-15-31-24(18-29-22-17-20(26(28)33)13-14-21(22)27)25(32)23(30-31)16-19-11-8-7-9-12-19;2*1-2/h2-14,17,29,32H,15-16,18,27H2,1H3,(H2,28,33);2*1-2H3/b3-2-,5-4-,10-6+;;. The molecular formula is C30H41N5O2. The Bertz CT molecular complexity index is 1180. The van der Waals surface area contributed by atoms with Gasteiger partial charge in [-0.3, -0.25) is 9.48 Å². The zero-order valence-electron chi connectivity index (χ0n) is 22.6. The third-order valence-electron chi connectivity index (χ3n) is 5.04. The Hall–Kier alpha value is -4.26. The summed E-state index contributed by atoms with van der Waals surface area (Å²) < 4.78 is 1.76. The van der Waals surface area contributed by atoms with Gasteiger partial charge in [0.25, 0.3) is 0 Å². The smallest absolute Gasteiger partial charge is 0.248 e. The van der Waals surface area contributed by atoms with E-state index in [-0.39, 0.29) is 12.3 Å². The highest BCUT2D eigenvalue weighted by Crippen LogP contribution is 2.27. The number of aromatic hydroxyl groups is 1. The van der Waals surface area contributed by atoms with Crippen LogP contribution in [0.25, 0.3) is 0 Å². The summed E-state index contributed by atoms with van der Waals surface area (Å²) in [5, 5.41) is 18.8. The molecule has 0 unspecified atom stereocenters. The van der Waals surface area contributed by atoms with Crippen LogP contribution in [0.2, 0.25) is 0 Å². The molecule has 0 aliphatic rings. The van der Waals surface area contributed by atoms with Gasteiger partial charge in [-0.25, -0.2) is 0 Å². The molecule has 1 aromatic heterocycles. The predicted octanol–water partition coefficient (Wildman–Crippen LogP) is 6.21. The van der Waals surface area contributed by atoms with Crippen molar-refractivity contribution in [2.75, 3.05) is 11.1 Å². The summed E-state index contributed by atoms with van der Waals surface area (Å²) in [7, 11) is 0. The maximum Gasteiger partial charge on any atom is 0.248 e. The van der Waals surface area contributed by atoms with E-state index in [1.54, 1.807) is 22.9 Å². The van der Waals surface area contributed by atoms with E-state index in [0.717, 1.165) is 5.56 Å². The number of primary amides is 1. The largest absolute Gasteiger partial charge is 0.504 e. The molecule has 0 saturated carbocycles. The van der Waals surface area contributed by atoms with Crippen molar-refractivity contribution in [3.05, 3.63) is 108 Å². The molecule has 2 aromatic carbocycles. The first-order valence-corrected chi connectivity index (χ1v) is 12.7. The van der Waals surface area contributed by atoms with E-state index in [9.17, 15) is 9.90 Å². The second kappa shape index (κ2) is 17.2. The summed E-state index contributed by atoms with van der Waals surface area (Å²) in [4.78, 5) is 11.5. The number of nitrogen functional groups attached to an aromatic ring is 1. The topological polar surface area (TPSA) is 119 Å².